The minimum absolute atomic E-state index is 0.143. The minimum atomic E-state index is -1.46. The number of hydrogen-bond donors (Lipinski definition) is 0. The molecule has 2 aliphatic heterocycles. The first-order valence-corrected chi connectivity index (χ1v) is 11.6. The SMILES string of the molecule is COc1ccc(C(=O)C2C(c3cccc(Br)c3)C(C#N)(C#N)C3C=Cc4ccccc4N23)cc1. The van der Waals surface area contributed by atoms with Crippen LogP contribution in [-0.4, -0.2) is 25.0 Å². The van der Waals surface area contributed by atoms with Crippen LogP contribution in [0.5, 0.6) is 5.75 Å². The number of anilines is 1. The molecule has 166 valence electrons. The number of carbonyl (C=O) groups is 1. The molecule has 34 heavy (non-hydrogen) atoms. The number of methoxy groups -OCH3 is 1. The van der Waals surface area contributed by atoms with Crippen LogP contribution in [0.1, 0.15) is 27.4 Å². The van der Waals surface area contributed by atoms with Gasteiger partial charge in [0.25, 0.3) is 0 Å². The van der Waals surface area contributed by atoms with E-state index in [1.54, 1.807) is 31.4 Å². The van der Waals surface area contributed by atoms with E-state index in [1.165, 1.54) is 0 Å². The van der Waals surface area contributed by atoms with E-state index in [1.807, 2.05) is 65.6 Å². The summed E-state index contributed by atoms with van der Waals surface area (Å²) in [4.78, 5) is 16.1. The summed E-state index contributed by atoms with van der Waals surface area (Å²) in [5, 5.41) is 20.9. The van der Waals surface area contributed by atoms with Crippen molar-refractivity contribution in [2.75, 3.05) is 12.0 Å². The molecule has 3 aromatic carbocycles. The van der Waals surface area contributed by atoms with E-state index in [0.717, 1.165) is 21.3 Å². The van der Waals surface area contributed by atoms with E-state index in [4.69, 9.17) is 4.74 Å². The maximum Gasteiger partial charge on any atom is 0.185 e. The van der Waals surface area contributed by atoms with Crippen molar-refractivity contribution in [1.29, 1.82) is 10.5 Å². The Labute approximate surface area is 206 Å². The molecule has 5 nitrogen and oxygen atoms in total. The number of para-hydroxylation sites is 1. The summed E-state index contributed by atoms with van der Waals surface area (Å²) in [6.45, 7) is 0. The Hall–Kier alpha value is -3.87. The Morgan fingerprint density at radius 1 is 1.03 bits per heavy atom. The molecule has 0 radical (unpaired) electrons. The van der Waals surface area contributed by atoms with E-state index in [9.17, 15) is 15.3 Å². The van der Waals surface area contributed by atoms with Crippen molar-refractivity contribution in [3.05, 3.63) is 100 Å². The number of rotatable bonds is 4. The molecule has 0 amide bonds. The predicted octanol–water partition coefficient (Wildman–Crippen LogP) is 5.74. The summed E-state index contributed by atoms with van der Waals surface area (Å²) in [6, 6.07) is 25.6. The van der Waals surface area contributed by atoms with Gasteiger partial charge in [-0.25, -0.2) is 0 Å². The molecular formula is C28H20BrN3O2. The van der Waals surface area contributed by atoms with Crippen molar-refractivity contribution in [3.63, 3.8) is 0 Å². The molecule has 6 heteroatoms. The number of Topliss-reactive ketones (excluding diaryl/α,β-unsaturated/α-hetero) is 1. The summed E-state index contributed by atoms with van der Waals surface area (Å²) >= 11 is 3.52. The Bertz CT molecular complexity index is 1370. The molecule has 2 aliphatic rings. The van der Waals surface area contributed by atoms with E-state index in [2.05, 4.69) is 28.1 Å². The van der Waals surface area contributed by atoms with Crippen molar-refractivity contribution in [2.45, 2.75) is 18.0 Å². The van der Waals surface area contributed by atoms with E-state index >= 15 is 0 Å². The van der Waals surface area contributed by atoms with Crippen LogP contribution in [0, 0.1) is 28.1 Å². The number of ether oxygens (including phenoxy) is 1. The minimum Gasteiger partial charge on any atom is -0.497 e. The molecular weight excluding hydrogens is 490 g/mol. The molecule has 3 atom stereocenters. The number of halogens is 1. The van der Waals surface area contributed by atoms with Crippen LogP contribution in [0.15, 0.2) is 83.3 Å². The molecule has 0 saturated carbocycles. The molecule has 3 unspecified atom stereocenters. The highest BCUT2D eigenvalue weighted by atomic mass is 79.9. The monoisotopic (exact) mass is 509 g/mol. The highest BCUT2D eigenvalue weighted by Gasteiger charge is 2.63. The summed E-state index contributed by atoms with van der Waals surface area (Å²) in [5.74, 6) is -0.162. The van der Waals surface area contributed by atoms with Crippen LogP contribution in [-0.2, 0) is 0 Å². The zero-order valence-corrected chi connectivity index (χ0v) is 19.9. The summed E-state index contributed by atoms with van der Waals surface area (Å²) in [6.07, 6.45) is 3.83. The van der Waals surface area contributed by atoms with Gasteiger partial charge in [0, 0.05) is 21.6 Å². The van der Waals surface area contributed by atoms with Gasteiger partial charge in [-0.2, -0.15) is 10.5 Å². The molecule has 5 rings (SSSR count). The van der Waals surface area contributed by atoms with Crippen LogP contribution >= 0.6 is 15.9 Å². The lowest BCUT2D eigenvalue weighted by molar-refractivity contribution is 0.0951. The van der Waals surface area contributed by atoms with Crippen molar-refractivity contribution in [3.8, 4) is 17.9 Å². The Morgan fingerprint density at radius 2 is 1.76 bits per heavy atom. The lowest BCUT2D eigenvalue weighted by atomic mass is 9.69. The number of benzene rings is 3. The number of nitriles is 2. The summed E-state index contributed by atoms with van der Waals surface area (Å²) in [7, 11) is 1.58. The first kappa shape index (κ1) is 21.9. The van der Waals surface area contributed by atoms with E-state index < -0.39 is 23.4 Å². The fraction of sp³-hybridized carbons (Fsp3) is 0.179. The number of carbonyl (C=O) groups excluding carboxylic acids is 1. The van der Waals surface area contributed by atoms with Gasteiger partial charge >= 0.3 is 0 Å². The van der Waals surface area contributed by atoms with E-state index in [-0.39, 0.29) is 5.78 Å². The van der Waals surface area contributed by atoms with Gasteiger partial charge in [0.2, 0.25) is 0 Å². The molecule has 0 aromatic heterocycles. The predicted molar refractivity (Wildman–Crippen MR) is 133 cm³/mol. The highest BCUT2D eigenvalue weighted by Crippen LogP contribution is 2.55. The van der Waals surface area contributed by atoms with Gasteiger partial charge in [-0.15, -0.1) is 0 Å². The van der Waals surface area contributed by atoms with Crippen LogP contribution in [0.25, 0.3) is 6.08 Å². The van der Waals surface area contributed by atoms with Gasteiger partial charge in [-0.3, -0.25) is 4.79 Å². The zero-order chi connectivity index (χ0) is 23.9. The van der Waals surface area contributed by atoms with Gasteiger partial charge < -0.3 is 9.64 Å². The standard InChI is InChI=1S/C28H20BrN3O2/c1-34-22-12-9-19(10-13-22)27(33)26-25(20-6-4-7-21(29)15-20)28(16-30,17-31)24-14-11-18-5-2-3-8-23(18)32(24)26/h2-15,24-26H,1H3. The van der Waals surface area contributed by atoms with Crippen molar-refractivity contribution < 1.29 is 9.53 Å². The zero-order valence-electron chi connectivity index (χ0n) is 18.4. The molecule has 0 bridgehead atoms. The number of fused-ring (bicyclic) bond motifs is 3. The van der Waals surface area contributed by atoms with Gasteiger partial charge in [0.15, 0.2) is 11.2 Å². The molecule has 2 heterocycles. The second-order valence-electron chi connectivity index (χ2n) is 8.43. The number of nitrogens with zero attached hydrogens (tertiary/aromatic N) is 3. The molecule has 0 aliphatic carbocycles. The summed E-state index contributed by atoms with van der Waals surface area (Å²) in [5.41, 5.74) is 1.60. The third-order valence-electron chi connectivity index (χ3n) is 6.77. The Kier molecular flexibility index (Phi) is 5.48. The lowest BCUT2D eigenvalue weighted by Gasteiger charge is -2.35. The van der Waals surface area contributed by atoms with Gasteiger partial charge in [0.05, 0.1) is 25.3 Å². The first-order valence-electron chi connectivity index (χ1n) is 10.9. The quantitative estimate of drug-likeness (QED) is 0.419. The largest absolute Gasteiger partial charge is 0.497 e. The first-order chi connectivity index (χ1) is 16.5. The second-order valence-corrected chi connectivity index (χ2v) is 9.35. The smallest absolute Gasteiger partial charge is 0.185 e. The summed E-state index contributed by atoms with van der Waals surface area (Å²) < 4.78 is 6.08. The fourth-order valence-electron chi connectivity index (χ4n) is 5.23. The molecule has 0 spiro atoms. The van der Waals surface area contributed by atoms with Crippen molar-refractivity contribution in [2.24, 2.45) is 5.41 Å². The molecule has 3 aromatic rings. The lowest BCUT2D eigenvalue weighted by Crippen LogP contribution is -2.44. The van der Waals surface area contributed by atoms with Crippen LogP contribution in [0.2, 0.25) is 0 Å². The average Bonchev–Trinajstić information content (AvgIpc) is 3.19. The maximum atomic E-state index is 14.2. The van der Waals surface area contributed by atoms with Crippen LogP contribution in [0.4, 0.5) is 5.69 Å². The molecule has 0 N–H and O–H groups in total. The average molecular weight is 510 g/mol. The number of hydrogen-bond acceptors (Lipinski definition) is 5. The van der Waals surface area contributed by atoms with Crippen LogP contribution < -0.4 is 9.64 Å². The van der Waals surface area contributed by atoms with Gasteiger partial charge in [0.1, 0.15) is 11.8 Å². The third kappa shape index (κ3) is 3.22. The van der Waals surface area contributed by atoms with Crippen LogP contribution in [0.3, 0.4) is 0 Å². The van der Waals surface area contributed by atoms with Gasteiger partial charge in [-0.1, -0.05) is 58.4 Å². The second kappa shape index (κ2) is 8.48. The normalized spacial score (nSPS) is 21.6. The molecule has 1 saturated heterocycles. The number of ketones is 1. The Morgan fingerprint density at radius 3 is 2.44 bits per heavy atom. The Balaban J connectivity index is 1.76. The molecule has 1 fully saturated rings. The van der Waals surface area contributed by atoms with Crippen molar-refractivity contribution >= 4 is 33.5 Å². The topological polar surface area (TPSA) is 77.1 Å². The third-order valence-corrected chi connectivity index (χ3v) is 7.26. The maximum absolute atomic E-state index is 14.2. The van der Waals surface area contributed by atoms with Crippen molar-refractivity contribution in [1.82, 2.24) is 0 Å². The van der Waals surface area contributed by atoms with Gasteiger partial charge in [-0.05, 0) is 53.6 Å². The fourth-order valence-corrected chi connectivity index (χ4v) is 5.65. The van der Waals surface area contributed by atoms with E-state index in [0.29, 0.717) is 11.3 Å². The highest BCUT2D eigenvalue weighted by molar-refractivity contribution is 9.10.